The number of halogens is 3. The van der Waals surface area contributed by atoms with Crippen molar-refractivity contribution in [2.75, 3.05) is 19.5 Å². The fraction of sp³-hybridized carbons (Fsp3) is 1.00. The zero-order chi connectivity index (χ0) is 11.0. The third-order valence-corrected chi connectivity index (χ3v) is 2.12. The van der Waals surface area contributed by atoms with E-state index < -0.39 is 13.4 Å². The summed E-state index contributed by atoms with van der Waals surface area (Å²) < 4.78 is 36.5. The summed E-state index contributed by atoms with van der Waals surface area (Å²) >= 11 is 0. The molecule has 0 aliphatic carbocycles. The largest absolute Gasteiger partial charge is 0.492 e. The first-order valence-corrected chi connectivity index (χ1v) is 5.43. The lowest BCUT2D eigenvalue weighted by Gasteiger charge is -2.27. The van der Waals surface area contributed by atoms with Crippen molar-refractivity contribution >= 4 is 6.98 Å². The summed E-state index contributed by atoms with van der Waals surface area (Å²) in [6, 6.07) is 0. The minimum absolute atomic E-state index is 0.581. The van der Waals surface area contributed by atoms with E-state index in [1.54, 1.807) is 0 Å². The van der Waals surface area contributed by atoms with E-state index in [0.29, 0.717) is 13.1 Å². The first-order valence-electron chi connectivity index (χ1n) is 5.43. The van der Waals surface area contributed by atoms with E-state index >= 15 is 0 Å². The van der Waals surface area contributed by atoms with Crippen LogP contribution in [0.4, 0.5) is 12.9 Å². The Morgan fingerprint density at radius 1 is 0.929 bits per heavy atom. The first-order chi connectivity index (χ1) is 6.49. The molecular formula is C9H20BF3N-. The van der Waals surface area contributed by atoms with Gasteiger partial charge in [0.25, 0.3) is 0 Å². The van der Waals surface area contributed by atoms with Crippen molar-refractivity contribution in [1.29, 1.82) is 0 Å². The van der Waals surface area contributed by atoms with Gasteiger partial charge >= 0.3 is 6.98 Å². The van der Waals surface area contributed by atoms with Gasteiger partial charge < -0.3 is 17.8 Å². The number of unbranched alkanes of at least 4 members (excludes halogenated alkanes) is 2. The normalized spacial score (nSPS) is 12.4. The summed E-state index contributed by atoms with van der Waals surface area (Å²) in [4.78, 5) is 1.53. The number of rotatable bonds is 8. The molecule has 0 aromatic heterocycles. The second-order valence-corrected chi connectivity index (χ2v) is 3.72. The van der Waals surface area contributed by atoms with Crippen LogP contribution < -0.4 is 0 Å². The second kappa shape index (κ2) is 7.15. The molecule has 86 valence electrons. The highest BCUT2D eigenvalue weighted by Crippen LogP contribution is 2.11. The number of nitrogens with zero attached hydrogens (tertiary/aromatic N) is 1. The highest BCUT2D eigenvalue weighted by molar-refractivity contribution is 6.58. The highest BCUT2D eigenvalue weighted by atomic mass is 19.4. The molecule has 0 saturated carbocycles. The van der Waals surface area contributed by atoms with Crippen molar-refractivity contribution in [1.82, 2.24) is 4.90 Å². The van der Waals surface area contributed by atoms with Crippen LogP contribution in [0, 0.1) is 0 Å². The fourth-order valence-electron chi connectivity index (χ4n) is 1.35. The van der Waals surface area contributed by atoms with Crippen LogP contribution in [0.1, 0.15) is 39.5 Å². The first kappa shape index (κ1) is 13.8. The van der Waals surface area contributed by atoms with Crippen molar-refractivity contribution < 1.29 is 12.9 Å². The average Bonchev–Trinajstić information content (AvgIpc) is 2.07. The molecule has 0 aliphatic rings. The minimum atomic E-state index is -4.66. The molecule has 0 saturated heterocycles. The molecule has 0 N–H and O–H groups in total. The zero-order valence-corrected chi connectivity index (χ0v) is 9.11. The summed E-state index contributed by atoms with van der Waals surface area (Å²) in [6.07, 6.45) is 2.92. The van der Waals surface area contributed by atoms with Crippen LogP contribution in [0.25, 0.3) is 0 Å². The van der Waals surface area contributed by atoms with Gasteiger partial charge in [0.05, 0.1) is 0 Å². The summed E-state index contributed by atoms with van der Waals surface area (Å²) in [5, 5.41) is 0. The van der Waals surface area contributed by atoms with Gasteiger partial charge in [-0.15, -0.1) is 0 Å². The Balaban J connectivity index is 3.84. The maximum absolute atomic E-state index is 12.2. The van der Waals surface area contributed by atoms with Gasteiger partial charge in [-0.2, -0.15) is 0 Å². The predicted octanol–water partition coefficient (Wildman–Crippen LogP) is 3.28. The predicted molar refractivity (Wildman–Crippen MR) is 55.3 cm³/mol. The quantitative estimate of drug-likeness (QED) is 0.555. The molecule has 0 amide bonds. The third kappa shape index (κ3) is 8.41. The molecule has 0 spiro atoms. The zero-order valence-electron chi connectivity index (χ0n) is 9.11. The van der Waals surface area contributed by atoms with Gasteiger partial charge in [0, 0.05) is 0 Å². The Hall–Kier alpha value is -0.185. The standard InChI is InChI=1S/C9H20BF3N/c1-3-5-7-14(8-6-4-2)9-10(11,12)13/h3-9H2,1-2H3/q-1. The van der Waals surface area contributed by atoms with Gasteiger partial charge in [-0.05, 0) is 32.4 Å². The second-order valence-electron chi connectivity index (χ2n) is 3.72. The lowest BCUT2D eigenvalue weighted by Crippen LogP contribution is -2.39. The van der Waals surface area contributed by atoms with E-state index in [1.807, 2.05) is 13.8 Å². The monoisotopic (exact) mass is 210 g/mol. The molecule has 0 atom stereocenters. The van der Waals surface area contributed by atoms with Crippen LogP contribution in [0.3, 0.4) is 0 Å². The van der Waals surface area contributed by atoms with Crippen LogP contribution in [0.5, 0.6) is 0 Å². The van der Waals surface area contributed by atoms with Gasteiger partial charge in [-0.3, -0.25) is 0 Å². The van der Waals surface area contributed by atoms with Crippen molar-refractivity contribution in [3.05, 3.63) is 0 Å². The average molecular weight is 210 g/mol. The Morgan fingerprint density at radius 3 is 1.64 bits per heavy atom. The fourth-order valence-corrected chi connectivity index (χ4v) is 1.35. The van der Waals surface area contributed by atoms with E-state index in [1.165, 1.54) is 4.90 Å². The maximum atomic E-state index is 12.2. The molecule has 0 unspecified atom stereocenters. The molecule has 0 rings (SSSR count). The molecule has 0 fully saturated rings. The van der Waals surface area contributed by atoms with E-state index in [4.69, 9.17) is 0 Å². The minimum Gasteiger partial charge on any atom is -0.448 e. The van der Waals surface area contributed by atoms with Crippen molar-refractivity contribution in [2.45, 2.75) is 39.5 Å². The van der Waals surface area contributed by atoms with Gasteiger partial charge in [-0.1, -0.05) is 26.7 Å². The van der Waals surface area contributed by atoms with Crippen LogP contribution >= 0.6 is 0 Å². The van der Waals surface area contributed by atoms with Gasteiger partial charge in [0.2, 0.25) is 0 Å². The van der Waals surface area contributed by atoms with E-state index in [0.717, 1.165) is 25.7 Å². The van der Waals surface area contributed by atoms with Gasteiger partial charge in [0.1, 0.15) is 0 Å². The molecule has 0 aromatic carbocycles. The summed E-state index contributed by atoms with van der Waals surface area (Å²) in [7, 11) is 0. The van der Waals surface area contributed by atoms with Crippen molar-refractivity contribution in [3.8, 4) is 0 Å². The molecular weight excluding hydrogens is 190 g/mol. The molecule has 0 bridgehead atoms. The molecule has 1 nitrogen and oxygen atoms in total. The Bertz CT molecular complexity index is 131. The summed E-state index contributed by atoms with van der Waals surface area (Å²) in [5.74, 6) is 0. The van der Waals surface area contributed by atoms with Crippen LogP contribution in [0.15, 0.2) is 0 Å². The Labute approximate surface area is 84.7 Å². The lowest BCUT2D eigenvalue weighted by molar-refractivity contribution is 0.270. The van der Waals surface area contributed by atoms with E-state index in [2.05, 4.69) is 0 Å². The van der Waals surface area contributed by atoms with Gasteiger partial charge in [0.15, 0.2) is 0 Å². The third-order valence-electron chi connectivity index (χ3n) is 2.12. The highest BCUT2D eigenvalue weighted by Gasteiger charge is 2.25. The molecule has 14 heavy (non-hydrogen) atoms. The molecule has 0 aliphatic heterocycles. The molecule has 5 heteroatoms. The summed E-state index contributed by atoms with van der Waals surface area (Å²) in [6.45, 7) is 0.499. The number of hydrogen-bond acceptors (Lipinski definition) is 1. The number of hydrogen-bond donors (Lipinski definition) is 0. The van der Waals surface area contributed by atoms with E-state index in [-0.39, 0.29) is 0 Å². The van der Waals surface area contributed by atoms with Crippen molar-refractivity contribution in [2.24, 2.45) is 0 Å². The molecule has 0 heterocycles. The molecule has 0 radical (unpaired) electrons. The SMILES string of the molecule is CCCCN(CCCC)C[B-](F)(F)F. The molecule has 0 aromatic rings. The smallest absolute Gasteiger partial charge is 0.448 e. The Morgan fingerprint density at radius 2 is 1.36 bits per heavy atom. The van der Waals surface area contributed by atoms with Gasteiger partial charge in [-0.25, -0.2) is 0 Å². The maximum Gasteiger partial charge on any atom is 0.492 e. The summed E-state index contributed by atoms with van der Waals surface area (Å²) in [5.41, 5.74) is 0. The lowest BCUT2D eigenvalue weighted by atomic mass is 9.91. The Kier molecular flexibility index (Phi) is 7.06. The van der Waals surface area contributed by atoms with Crippen LogP contribution in [0.2, 0.25) is 0 Å². The topological polar surface area (TPSA) is 3.24 Å². The van der Waals surface area contributed by atoms with Crippen molar-refractivity contribution in [3.63, 3.8) is 0 Å². The van der Waals surface area contributed by atoms with E-state index in [9.17, 15) is 12.9 Å². The van der Waals surface area contributed by atoms with Crippen LogP contribution in [-0.2, 0) is 0 Å². The van der Waals surface area contributed by atoms with Crippen LogP contribution in [-0.4, -0.2) is 31.4 Å².